The molecule has 0 aliphatic rings. The topological polar surface area (TPSA) is 148 Å². The molecule has 2 aromatic rings. The molecule has 0 fully saturated rings. The van der Waals surface area contributed by atoms with Crippen LogP contribution in [-0.2, 0) is 6.54 Å². The number of hydrogen-bond donors (Lipinski definition) is 3. The first-order chi connectivity index (χ1) is 9.49. The van der Waals surface area contributed by atoms with Gasteiger partial charge in [0.2, 0.25) is 5.95 Å². The van der Waals surface area contributed by atoms with Crippen LogP contribution in [0.2, 0.25) is 0 Å². The van der Waals surface area contributed by atoms with Crippen molar-refractivity contribution in [3.8, 4) is 0 Å². The number of nitrogens with one attached hydrogen (secondary N) is 1. The van der Waals surface area contributed by atoms with Gasteiger partial charge >= 0.3 is 0 Å². The van der Waals surface area contributed by atoms with Crippen LogP contribution in [-0.4, -0.2) is 20.4 Å². The smallest absolute Gasteiger partial charge is 0.263 e. The molecule has 0 aliphatic carbocycles. The van der Waals surface area contributed by atoms with Crippen molar-refractivity contribution in [2.24, 2.45) is 16.1 Å². The summed E-state index contributed by atoms with van der Waals surface area (Å²) in [6, 6.07) is 1.54. The van der Waals surface area contributed by atoms with E-state index in [4.69, 9.17) is 17.0 Å². The Kier molecular flexibility index (Phi) is 3.42. The van der Waals surface area contributed by atoms with E-state index >= 15 is 0 Å². The molecule has 9 nitrogen and oxygen atoms in total. The van der Waals surface area contributed by atoms with E-state index < -0.39 is 0 Å². The van der Waals surface area contributed by atoms with Gasteiger partial charge in [-0.3, -0.25) is 9.36 Å². The number of aryl methyl sites for hydroxylation is 2. The molecule has 2 aromatic heterocycles. The lowest BCUT2D eigenvalue weighted by Gasteiger charge is -2.11. The average molecular weight is 274 g/mol. The molecule has 0 saturated carbocycles. The Morgan fingerprint density at radius 3 is 2.80 bits per heavy atom. The Balaban J connectivity index is 2.95. The second-order valence-corrected chi connectivity index (χ2v) is 4.10. The Morgan fingerprint density at radius 2 is 2.20 bits per heavy atom. The minimum absolute atomic E-state index is 0.104. The molecule has 0 amide bonds. The molecule has 20 heavy (non-hydrogen) atoms. The van der Waals surface area contributed by atoms with E-state index in [1.54, 1.807) is 19.9 Å². The van der Waals surface area contributed by atoms with Crippen molar-refractivity contribution in [2.45, 2.75) is 20.4 Å². The van der Waals surface area contributed by atoms with E-state index in [1.165, 1.54) is 4.57 Å². The van der Waals surface area contributed by atoms with Crippen LogP contribution < -0.4 is 17.0 Å². The minimum Gasteiger partial charge on any atom is -0.381 e. The summed E-state index contributed by atoms with van der Waals surface area (Å²) < 4.78 is 1.43. The van der Waals surface area contributed by atoms with Gasteiger partial charge in [-0.2, -0.15) is 10.5 Å². The first-order valence-corrected chi connectivity index (χ1v) is 5.87. The molecular weight excluding hydrogens is 260 g/mol. The highest BCUT2D eigenvalue weighted by Crippen LogP contribution is 2.16. The van der Waals surface area contributed by atoms with Gasteiger partial charge in [-0.1, -0.05) is 5.22 Å². The number of hydrogen-bond acceptors (Lipinski definition) is 6. The summed E-state index contributed by atoms with van der Waals surface area (Å²) in [5.41, 5.74) is 18.8. The molecule has 9 heteroatoms. The van der Waals surface area contributed by atoms with Crippen molar-refractivity contribution in [1.82, 2.24) is 14.5 Å². The molecule has 2 heterocycles. The molecule has 0 bridgehead atoms. The lowest BCUT2D eigenvalue weighted by atomic mass is 10.1. The maximum Gasteiger partial charge on any atom is 0.263 e. The number of nitrogen functional groups attached to an aromatic ring is 1. The van der Waals surface area contributed by atoms with Crippen LogP contribution in [0, 0.1) is 12.5 Å². The van der Waals surface area contributed by atoms with Crippen molar-refractivity contribution in [3.63, 3.8) is 0 Å². The van der Waals surface area contributed by atoms with Crippen LogP contribution in [0.1, 0.15) is 18.2 Å². The number of anilines is 1. The van der Waals surface area contributed by atoms with Crippen LogP contribution in [0.3, 0.4) is 0 Å². The highest BCUT2D eigenvalue weighted by molar-refractivity contribution is 5.99. The average Bonchev–Trinajstić information content (AvgIpc) is 2.38. The van der Waals surface area contributed by atoms with E-state index in [2.05, 4.69) is 20.3 Å². The van der Waals surface area contributed by atoms with E-state index in [0.717, 1.165) is 0 Å². The van der Waals surface area contributed by atoms with E-state index in [1.807, 2.05) is 0 Å². The zero-order valence-corrected chi connectivity index (χ0v) is 11.1. The number of pyridine rings is 1. The number of fused-ring (bicyclic) bond motifs is 1. The summed E-state index contributed by atoms with van der Waals surface area (Å²) in [5.74, 6) is -0.0162. The molecule has 2 rings (SSSR count). The summed E-state index contributed by atoms with van der Waals surface area (Å²) in [6.07, 6.45) is 0. The zero-order valence-electron chi connectivity index (χ0n) is 11.1. The first kappa shape index (κ1) is 13.6. The fourth-order valence-electron chi connectivity index (χ4n) is 1.99. The maximum atomic E-state index is 12.4. The van der Waals surface area contributed by atoms with E-state index in [9.17, 15) is 4.79 Å². The van der Waals surface area contributed by atoms with Gasteiger partial charge in [0.15, 0.2) is 5.84 Å². The third kappa shape index (κ3) is 2.09. The van der Waals surface area contributed by atoms with Crippen LogP contribution in [0.15, 0.2) is 21.2 Å². The van der Waals surface area contributed by atoms with Gasteiger partial charge in [0, 0.05) is 11.9 Å². The number of aromatic nitrogens is 3. The molecule has 5 N–H and O–H groups in total. The van der Waals surface area contributed by atoms with Gasteiger partial charge in [0.25, 0.3) is 5.56 Å². The molecule has 0 saturated heterocycles. The van der Waals surface area contributed by atoms with Gasteiger partial charge in [-0.05, 0) is 19.9 Å². The Bertz CT molecular complexity index is 776. The van der Waals surface area contributed by atoms with Crippen molar-refractivity contribution in [3.05, 3.63) is 27.7 Å². The van der Waals surface area contributed by atoms with Crippen LogP contribution >= 0.6 is 0 Å². The lowest BCUT2D eigenvalue weighted by molar-refractivity contribution is 0.746. The summed E-state index contributed by atoms with van der Waals surface area (Å²) in [4.78, 5) is 20.5. The predicted octanol–water partition coefficient (Wildman–Crippen LogP) is 0.353. The molecule has 0 unspecified atom stereocenters. The molecular formula is C11H14N8O. The number of nitrogens with two attached hydrogens (primary N) is 2. The third-order valence-electron chi connectivity index (χ3n) is 2.90. The summed E-state index contributed by atoms with van der Waals surface area (Å²) in [7, 11) is 0. The minimum atomic E-state index is -0.359. The molecule has 0 spiro atoms. The molecule has 0 aliphatic heterocycles. The van der Waals surface area contributed by atoms with Crippen molar-refractivity contribution < 1.29 is 0 Å². The summed E-state index contributed by atoms with van der Waals surface area (Å²) >= 11 is 0. The third-order valence-corrected chi connectivity index (χ3v) is 2.90. The Hall–Kier alpha value is -2.84. The fraction of sp³-hybridized carbons (Fsp3) is 0.273. The van der Waals surface area contributed by atoms with Gasteiger partial charge in [-0.15, -0.1) is 5.10 Å². The second kappa shape index (κ2) is 5.03. The van der Waals surface area contributed by atoms with Crippen LogP contribution in [0.4, 0.5) is 5.95 Å². The second-order valence-electron chi connectivity index (χ2n) is 4.10. The predicted molar refractivity (Wildman–Crippen MR) is 74.5 cm³/mol. The van der Waals surface area contributed by atoms with Crippen LogP contribution in [0.25, 0.3) is 11.0 Å². The normalized spacial score (nSPS) is 11.8. The Morgan fingerprint density at radius 1 is 1.50 bits per heavy atom. The molecule has 104 valence electrons. The SMILES string of the molecule is CCn1c(=O)c(/C(N)=N/N=N)cc2c(C)nc(N)nc21. The van der Waals surface area contributed by atoms with Crippen molar-refractivity contribution in [2.75, 3.05) is 5.73 Å². The first-order valence-electron chi connectivity index (χ1n) is 5.87. The fourth-order valence-corrected chi connectivity index (χ4v) is 1.99. The van der Waals surface area contributed by atoms with E-state index in [-0.39, 0.29) is 22.9 Å². The van der Waals surface area contributed by atoms with Crippen molar-refractivity contribution in [1.29, 1.82) is 5.53 Å². The summed E-state index contributed by atoms with van der Waals surface area (Å²) in [6.45, 7) is 3.96. The van der Waals surface area contributed by atoms with E-state index in [0.29, 0.717) is 23.3 Å². The highest BCUT2D eigenvalue weighted by atomic mass is 16.1. The van der Waals surface area contributed by atoms with Gasteiger partial charge in [0.1, 0.15) is 5.65 Å². The zero-order chi connectivity index (χ0) is 14.9. The highest BCUT2D eigenvalue weighted by Gasteiger charge is 2.15. The molecule has 0 atom stereocenters. The van der Waals surface area contributed by atoms with Gasteiger partial charge in [0.05, 0.1) is 11.3 Å². The standard InChI is InChI=1S/C11H14N8O/c1-3-19-9-6(5(2)15-11(13)16-9)4-7(10(19)20)8(12)17-18-14/h4H,3H2,1-2H3,(H3,12,14,17)(H2,13,15,16). The number of nitrogens with zero attached hydrogens (tertiary/aromatic N) is 5. The molecule has 0 aromatic carbocycles. The number of amidine groups is 1. The maximum absolute atomic E-state index is 12.4. The molecule has 0 radical (unpaired) electrons. The van der Waals surface area contributed by atoms with Gasteiger partial charge in [-0.25, -0.2) is 4.98 Å². The summed E-state index contributed by atoms with van der Waals surface area (Å²) in [5, 5.41) is 6.88. The Labute approximate surface area is 113 Å². The quantitative estimate of drug-likeness (QED) is 0.319. The van der Waals surface area contributed by atoms with Crippen molar-refractivity contribution >= 4 is 22.8 Å². The monoisotopic (exact) mass is 274 g/mol. The largest absolute Gasteiger partial charge is 0.381 e. The van der Waals surface area contributed by atoms with Gasteiger partial charge < -0.3 is 11.5 Å². The van der Waals surface area contributed by atoms with Crippen LogP contribution in [0.5, 0.6) is 0 Å². The lowest BCUT2D eigenvalue weighted by Crippen LogP contribution is -2.30. The number of rotatable bonds is 3.